The maximum atomic E-state index is 12.0. The summed E-state index contributed by atoms with van der Waals surface area (Å²) in [6, 6.07) is 7.14. The molecule has 1 aliphatic heterocycles. The van der Waals surface area contributed by atoms with E-state index in [1.165, 1.54) is 0 Å². The second kappa shape index (κ2) is 5.46. The van der Waals surface area contributed by atoms with Crippen molar-refractivity contribution >= 4 is 28.8 Å². The number of amides is 1. The molecule has 0 spiro atoms. The van der Waals surface area contributed by atoms with Crippen LogP contribution in [0.15, 0.2) is 24.3 Å². The first kappa shape index (κ1) is 13.0. The molecule has 3 N–H and O–H groups in total. The summed E-state index contributed by atoms with van der Waals surface area (Å²) in [4.78, 5) is 12.3. The van der Waals surface area contributed by atoms with Crippen molar-refractivity contribution in [3.63, 3.8) is 0 Å². The highest BCUT2D eigenvalue weighted by molar-refractivity contribution is 7.80. The molecule has 2 unspecified atom stereocenters. The van der Waals surface area contributed by atoms with Crippen LogP contribution in [0.1, 0.15) is 18.9 Å². The molecule has 1 heterocycles. The lowest BCUT2D eigenvalue weighted by Crippen LogP contribution is -2.31. The standard InChI is InChI=1S/C13H16N2O2S/c1-8-6-7-17-11(8)13(16)15-10-4-2-9(3-5-10)12(14)18/h2-5,8,11H,6-7H2,1H3,(H2,14,18)(H,15,16). The zero-order valence-corrected chi connectivity index (χ0v) is 11.0. The third kappa shape index (κ3) is 2.86. The van der Waals surface area contributed by atoms with Crippen molar-refractivity contribution in [2.75, 3.05) is 11.9 Å². The molecule has 0 aliphatic carbocycles. The molecule has 96 valence electrons. The fourth-order valence-electron chi connectivity index (χ4n) is 1.96. The predicted octanol–water partition coefficient (Wildman–Crippen LogP) is 1.68. The number of carbonyl (C=O) groups is 1. The number of thiocarbonyl (C=S) groups is 1. The van der Waals surface area contributed by atoms with E-state index in [9.17, 15) is 4.79 Å². The van der Waals surface area contributed by atoms with Gasteiger partial charge in [-0.3, -0.25) is 4.79 Å². The van der Waals surface area contributed by atoms with Gasteiger partial charge in [-0.1, -0.05) is 19.1 Å². The highest BCUT2D eigenvalue weighted by atomic mass is 32.1. The number of benzene rings is 1. The lowest BCUT2D eigenvalue weighted by molar-refractivity contribution is -0.126. The maximum absolute atomic E-state index is 12.0. The molecular weight excluding hydrogens is 248 g/mol. The second-order valence-electron chi connectivity index (χ2n) is 4.49. The molecule has 1 fully saturated rings. The summed E-state index contributed by atoms with van der Waals surface area (Å²) in [6.07, 6.45) is 0.582. The van der Waals surface area contributed by atoms with Gasteiger partial charge in [0.1, 0.15) is 11.1 Å². The van der Waals surface area contributed by atoms with Gasteiger partial charge in [-0.15, -0.1) is 0 Å². The molecule has 0 radical (unpaired) electrons. The van der Waals surface area contributed by atoms with Crippen molar-refractivity contribution in [1.29, 1.82) is 0 Å². The predicted molar refractivity (Wildman–Crippen MR) is 74.5 cm³/mol. The van der Waals surface area contributed by atoms with Gasteiger partial charge in [-0.25, -0.2) is 0 Å². The Kier molecular flexibility index (Phi) is 3.93. The summed E-state index contributed by atoms with van der Waals surface area (Å²) in [5, 5.41) is 2.83. The number of nitrogens with one attached hydrogen (secondary N) is 1. The Bertz CT molecular complexity index is 459. The maximum Gasteiger partial charge on any atom is 0.253 e. The second-order valence-corrected chi connectivity index (χ2v) is 4.93. The summed E-state index contributed by atoms with van der Waals surface area (Å²) in [6.45, 7) is 2.67. The van der Waals surface area contributed by atoms with E-state index in [1.807, 2.05) is 6.92 Å². The number of rotatable bonds is 3. The summed E-state index contributed by atoms with van der Waals surface area (Å²) in [5.41, 5.74) is 7.02. The van der Waals surface area contributed by atoms with Crippen molar-refractivity contribution in [3.8, 4) is 0 Å². The molecule has 18 heavy (non-hydrogen) atoms. The SMILES string of the molecule is CC1CCOC1C(=O)Nc1ccc(C(N)=S)cc1. The van der Waals surface area contributed by atoms with E-state index in [-0.39, 0.29) is 17.9 Å². The van der Waals surface area contributed by atoms with Crippen molar-refractivity contribution in [1.82, 2.24) is 0 Å². The van der Waals surface area contributed by atoms with Gasteiger partial charge in [0, 0.05) is 17.9 Å². The van der Waals surface area contributed by atoms with E-state index < -0.39 is 0 Å². The van der Waals surface area contributed by atoms with Crippen LogP contribution in [-0.2, 0) is 9.53 Å². The van der Waals surface area contributed by atoms with Crippen molar-refractivity contribution < 1.29 is 9.53 Å². The van der Waals surface area contributed by atoms with Crippen LogP contribution in [0.3, 0.4) is 0 Å². The molecule has 2 atom stereocenters. The summed E-state index contributed by atoms with van der Waals surface area (Å²) < 4.78 is 5.41. The minimum absolute atomic E-state index is 0.0944. The first-order chi connectivity index (χ1) is 8.58. The van der Waals surface area contributed by atoms with E-state index in [0.717, 1.165) is 17.7 Å². The molecule has 1 aliphatic rings. The number of anilines is 1. The first-order valence-electron chi connectivity index (χ1n) is 5.90. The van der Waals surface area contributed by atoms with Crippen LogP contribution in [-0.4, -0.2) is 23.6 Å². The monoisotopic (exact) mass is 264 g/mol. The Hall–Kier alpha value is -1.46. The van der Waals surface area contributed by atoms with Gasteiger partial charge in [-0.2, -0.15) is 0 Å². The molecule has 1 amide bonds. The molecule has 4 nitrogen and oxygen atoms in total. The number of hydrogen-bond acceptors (Lipinski definition) is 3. The Morgan fingerprint density at radius 2 is 2.11 bits per heavy atom. The zero-order valence-electron chi connectivity index (χ0n) is 10.2. The summed E-state index contributed by atoms with van der Waals surface area (Å²) in [7, 11) is 0. The van der Waals surface area contributed by atoms with E-state index in [0.29, 0.717) is 11.6 Å². The lowest BCUT2D eigenvalue weighted by atomic mass is 10.0. The minimum Gasteiger partial charge on any atom is -0.389 e. The average molecular weight is 264 g/mol. The molecule has 0 saturated carbocycles. The van der Waals surface area contributed by atoms with Crippen LogP contribution in [0.5, 0.6) is 0 Å². The average Bonchev–Trinajstić information content (AvgIpc) is 2.76. The number of hydrogen-bond donors (Lipinski definition) is 2. The van der Waals surface area contributed by atoms with Gasteiger partial charge in [-0.05, 0) is 36.6 Å². The van der Waals surface area contributed by atoms with E-state index in [4.69, 9.17) is 22.7 Å². The molecule has 5 heteroatoms. The molecule has 1 saturated heterocycles. The quantitative estimate of drug-likeness (QED) is 0.815. The van der Waals surface area contributed by atoms with Crippen LogP contribution < -0.4 is 11.1 Å². The molecule has 1 aromatic carbocycles. The van der Waals surface area contributed by atoms with Gasteiger partial charge < -0.3 is 15.8 Å². The Morgan fingerprint density at radius 3 is 2.61 bits per heavy atom. The van der Waals surface area contributed by atoms with Crippen molar-refractivity contribution in [2.45, 2.75) is 19.4 Å². The zero-order chi connectivity index (χ0) is 13.1. The van der Waals surface area contributed by atoms with Crippen LogP contribution in [0.4, 0.5) is 5.69 Å². The largest absolute Gasteiger partial charge is 0.389 e. The van der Waals surface area contributed by atoms with Gasteiger partial charge in [0.15, 0.2) is 0 Å². The molecule has 2 rings (SSSR count). The topological polar surface area (TPSA) is 64.3 Å². The lowest BCUT2D eigenvalue weighted by Gasteiger charge is -2.14. The fourth-order valence-corrected chi connectivity index (χ4v) is 2.10. The molecular formula is C13H16N2O2S. The molecule has 1 aromatic rings. The normalized spacial score (nSPS) is 22.7. The minimum atomic E-state index is -0.347. The Labute approximate surface area is 112 Å². The highest BCUT2D eigenvalue weighted by Gasteiger charge is 2.30. The van der Waals surface area contributed by atoms with Crippen LogP contribution >= 0.6 is 12.2 Å². The first-order valence-corrected chi connectivity index (χ1v) is 6.31. The van der Waals surface area contributed by atoms with Crippen molar-refractivity contribution in [3.05, 3.63) is 29.8 Å². The summed E-state index contributed by atoms with van der Waals surface area (Å²) in [5.74, 6) is 0.170. The van der Waals surface area contributed by atoms with Crippen LogP contribution in [0, 0.1) is 5.92 Å². The van der Waals surface area contributed by atoms with E-state index in [2.05, 4.69) is 5.32 Å². The smallest absolute Gasteiger partial charge is 0.253 e. The van der Waals surface area contributed by atoms with Crippen molar-refractivity contribution in [2.24, 2.45) is 11.7 Å². The summed E-state index contributed by atoms with van der Waals surface area (Å²) >= 11 is 4.87. The number of ether oxygens (including phenoxy) is 1. The van der Waals surface area contributed by atoms with Gasteiger partial charge in [0.25, 0.3) is 5.91 Å². The Morgan fingerprint density at radius 1 is 1.44 bits per heavy atom. The Balaban J connectivity index is 2.00. The number of nitrogens with two attached hydrogens (primary N) is 1. The molecule has 0 bridgehead atoms. The van der Waals surface area contributed by atoms with Crippen LogP contribution in [0.2, 0.25) is 0 Å². The van der Waals surface area contributed by atoms with Gasteiger partial charge in [0.2, 0.25) is 0 Å². The van der Waals surface area contributed by atoms with E-state index in [1.54, 1.807) is 24.3 Å². The fraction of sp³-hybridized carbons (Fsp3) is 0.385. The van der Waals surface area contributed by atoms with Gasteiger partial charge >= 0.3 is 0 Å². The van der Waals surface area contributed by atoms with Crippen LogP contribution in [0.25, 0.3) is 0 Å². The third-order valence-corrected chi connectivity index (χ3v) is 3.32. The van der Waals surface area contributed by atoms with Gasteiger partial charge in [0.05, 0.1) is 0 Å². The number of carbonyl (C=O) groups excluding carboxylic acids is 1. The molecule has 0 aromatic heterocycles. The highest BCUT2D eigenvalue weighted by Crippen LogP contribution is 2.21. The third-order valence-electron chi connectivity index (χ3n) is 3.08. The van der Waals surface area contributed by atoms with E-state index >= 15 is 0 Å².